The summed E-state index contributed by atoms with van der Waals surface area (Å²) in [5.41, 5.74) is 0.956. The van der Waals surface area contributed by atoms with Gasteiger partial charge in [0.25, 0.3) is 0 Å². The van der Waals surface area contributed by atoms with Crippen LogP contribution < -0.4 is 4.72 Å². The van der Waals surface area contributed by atoms with Gasteiger partial charge in [-0.2, -0.15) is 5.10 Å². The minimum atomic E-state index is -3.63. The molecule has 0 saturated heterocycles. The lowest BCUT2D eigenvalue weighted by molar-refractivity contribution is 0.127. The quantitative estimate of drug-likeness (QED) is 0.826. The van der Waals surface area contributed by atoms with Crippen LogP contribution in [0.4, 0.5) is 0 Å². The van der Waals surface area contributed by atoms with Crippen LogP contribution in [0.2, 0.25) is 0 Å². The third kappa shape index (κ3) is 2.94. The summed E-state index contributed by atoms with van der Waals surface area (Å²) in [6.45, 7) is 5.78. The normalized spacial score (nSPS) is 25.8. The Morgan fingerprint density at radius 2 is 2.09 bits per heavy atom. The number of sulfonamides is 1. The highest BCUT2D eigenvalue weighted by Gasteiger charge is 2.41. The van der Waals surface area contributed by atoms with E-state index in [4.69, 9.17) is 0 Å². The maximum absolute atomic E-state index is 12.9. The molecule has 1 aromatic heterocycles. The number of aliphatic hydroxyl groups is 1. The van der Waals surface area contributed by atoms with Crippen LogP contribution in [0.15, 0.2) is 4.90 Å². The molecule has 0 aromatic carbocycles. The molecule has 0 spiro atoms. The van der Waals surface area contributed by atoms with E-state index in [0.29, 0.717) is 23.4 Å². The summed E-state index contributed by atoms with van der Waals surface area (Å²) in [5.74, 6) is 0. The van der Waals surface area contributed by atoms with Gasteiger partial charge in [0.2, 0.25) is 10.0 Å². The van der Waals surface area contributed by atoms with Crippen molar-refractivity contribution in [3.63, 3.8) is 0 Å². The molecule has 1 aliphatic carbocycles. The zero-order valence-corrected chi connectivity index (χ0v) is 14.7. The topological polar surface area (TPSA) is 84.2 Å². The number of hydrogen-bond donors (Lipinski definition) is 2. The minimum absolute atomic E-state index is 0.00546. The molecule has 0 radical (unpaired) electrons. The first kappa shape index (κ1) is 17.4. The fraction of sp³-hybridized carbons (Fsp3) is 0.800. The average Bonchev–Trinajstić information content (AvgIpc) is 2.99. The van der Waals surface area contributed by atoms with Gasteiger partial charge in [-0.05, 0) is 25.7 Å². The summed E-state index contributed by atoms with van der Waals surface area (Å²) in [5, 5.41) is 14.0. The molecule has 22 heavy (non-hydrogen) atoms. The largest absolute Gasteiger partial charge is 0.396 e. The van der Waals surface area contributed by atoms with E-state index >= 15 is 0 Å². The van der Waals surface area contributed by atoms with Crippen molar-refractivity contribution in [2.24, 2.45) is 12.5 Å². The number of hydrogen-bond acceptors (Lipinski definition) is 4. The third-order valence-corrected chi connectivity index (χ3v) is 6.47. The van der Waals surface area contributed by atoms with E-state index in [2.05, 4.69) is 9.82 Å². The number of nitrogens with one attached hydrogen (secondary N) is 1. The van der Waals surface area contributed by atoms with Crippen molar-refractivity contribution in [3.05, 3.63) is 11.4 Å². The Morgan fingerprint density at radius 1 is 1.41 bits per heavy atom. The summed E-state index contributed by atoms with van der Waals surface area (Å²) in [4.78, 5) is 0.326. The summed E-state index contributed by atoms with van der Waals surface area (Å²) in [6, 6.07) is -0.225. The maximum atomic E-state index is 12.9. The SMILES string of the molecule is CCc1nn(C)c(CC)c1S(=O)(=O)NC1CCCC1(C)CO. The van der Waals surface area contributed by atoms with E-state index < -0.39 is 10.0 Å². The van der Waals surface area contributed by atoms with Crippen LogP contribution in [-0.2, 0) is 29.9 Å². The molecule has 1 fully saturated rings. The van der Waals surface area contributed by atoms with Crippen LogP contribution in [0.1, 0.15) is 51.4 Å². The van der Waals surface area contributed by atoms with Crippen LogP contribution in [0.25, 0.3) is 0 Å². The van der Waals surface area contributed by atoms with Gasteiger partial charge in [0.05, 0.1) is 11.4 Å². The van der Waals surface area contributed by atoms with Gasteiger partial charge < -0.3 is 5.11 Å². The number of aryl methyl sites for hydroxylation is 2. The van der Waals surface area contributed by atoms with Gasteiger partial charge in [0.1, 0.15) is 4.90 Å². The highest BCUT2D eigenvalue weighted by Crippen LogP contribution is 2.38. The highest BCUT2D eigenvalue weighted by atomic mass is 32.2. The zero-order chi connectivity index (χ0) is 16.5. The van der Waals surface area contributed by atoms with Crippen molar-refractivity contribution in [2.75, 3.05) is 6.61 Å². The molecule has 126 valence electrons. The van der Waals surface area contributed by atoms with E-state index in [-0.39, 0.29) is 18.1 Å². The van der Waals surface area contributed by atoms with E-state index in [0.717, 1.165) is 25.0 Å². The first-order chi connectivity index (χ1) is 10.3. The Morgan fingerprint density at radius 3 is 2.64 bits per heavy atom. The minimum Gasteiger partial charge on any atom is -0.396 e. The van der Waals surface area contributed by atoms with Gasteiger partial charge in [0.15, 0.2) is 0 Å². The first-order valence-electron chi connectivity index (χ1n) is 7.97. The number of aliphatic hydroxyl groups excluding tert-OH is 1. The second kappa shape index (κ2) is 6.29. The zero-order valence-electron chi connectivity index (χ0n) is 13.9. The van der Waals surface area contributed by atoms with Gasteiger partial charge >= 0.3 is 0 Å². The second-order valence-corrected chi connectivity index (χ2v) is 8.08. The van der Waals surface area contributed by atoms with Crippen molar-refractivity contribution in [2.45, 2.75) is 63.8 Å². The molecule has 2 rings (SSSR count). The van der Waals surface area contributed by atoms with E-state index in [1.165, 1.54) is 0 Å². The molecule has 0 amide bonds. The van der Waals surface area contributed by atoms with Crippen LogP contribution in [0.5, 0.6) is 0 Å². The Hall–Kier alpha value is -0.920. The van der Waals surface area contributed by atoms with Crippen LogP contribution >= 0.6 is 0 Å². The fourth-order valence-electron chi connectivity index (χ4n) is 3.40. The van der Waals surface area contributed by atoms with Crippen molar-refractivity contribution in [1.29, 1.82) is 0 Å². The monoisotopic (exact) mass is 329 g/mol. The maximum Gasteiger partial charge on any atom is 0.244 e. The molecule has 2 N–H and O–H groups in total. The van der Waals surface area contributed by atoms with Crippen molar-refractivity contribution in [3.8, 4) is 0 Å². The summed E-state index contributed by atoms with van der Waals surface area (Å²) >= 11 is 0. The van der Waals surface area contributed by atoms with Crippen LogP contribution in [0, 0.1) is 5.41 Å². The third-order valence-electron chi connectivity index (χ3n) is 4.86. The van der Waals surface area contributed by atoms with Crippen LogP contribution in [-0.4, -0.2) is 36.0 Å². The molecular weight excluding hydrogens is 302 g/mol. The molecule has 6 nitrogen and oxygen atoms in total. The molecule has 1 saturated carbocycles. The molecule has 2 atom stereocenters. The predicted molar refractivity (Wildman–Crippen MR) is 85.1 cm³/mol. The molecular formula is C15H27N3O3S. The lowest BCUT2D eigenvalue weighted by Crippen LogP contribution is -2.45. The fourth-order valence-corrected chi connectivity index (χ4v) is 5.38. The van der Waals surface area contributed by atoms with Crippen molar-refractivity contribution in [1.82, 2.24) is 14.5 Å². The van der Waals surface area contributed by atoms with E-state index in [9.17, 15) is 13.5 Å². The smallest absolute Gasteiger partial charge is 0.244 e. The first-order valence-corrected chi connectivity index (χ1v) is 9.45. The van der Waals surface area contributed by atoms with E-state index in [1.807, 2.05) is 20.8 Å². The van der Waals surface area contributed by atoms with Gasteiger partial charge in [0, 0.05) is 25.1 Å². The number of rotatable bonds is 6. The van der Waals surface area contributed by atoms with E-state index in [1.54, 1.807) is 11.7 Å². The molecule has 1 aliphatic rings. The van der Waals surface area contributed by atoms with Gasteiger partial charge in [-0.3, -0.25) is 4.68 Å². The van der Waals surface area contributed by atoms with Crippen LogP contribution in [0.3, 0.4) is 0 Å². The lowest BCUT2D eigenvalue weighted by Gasteiger charge is -2.30. The Labute approximate surface area is 133 Å². The van der Waals surface area contributed by atoms with Gasteiger partial charge in [-0.15, -0.1) is 0 Å². The average molecular weight is 329 g/mol. The second-order valence-electron chi connectivity index (χ2n) is 6.43. The lowest BCUT2D eigenvalue weighted by atomic mass is 9.86. The molecule has 7 heteroatoms. The Kier molecular flexibility index (Phi) is 4.99. The molecule has 0 aliphatic heterocycles. The van der Waals surface area contributed by atoms with Crippen molar-refractivity contribution < 1.29 is 13.5 Å². The Balaban J connectivity index is 2.39. The van der Waals surface area contributed by atoms with Crippen molar-refractivity contribution >= 4 is 10.0 Å². The molecule has 0 bridgehead atoms. The molecule has 1 heterocycles. The highest BCUT2D eigenvalue weighted by molar-refractivity contribution is 7.89. The van der Waals surface area contributed by atoms with Gasteiger partial charge in [-0.1, -0.05) is 27.2 Å². The number of aromatic nitrogens is 2. The summed E-state index contributed by atoms with van der Waals surface area (Å²) in [7, 11) is -1.85. The summed E-state index contributed by atoms with van der Waals surface area (Å²) < 4.78 is 30.3. The number of nitrogens with zero attached hydrogens (tertiary/aromatic N) is 2. The van der Waals surface area contributed by atoms with Gasteiger partial charge in [-0.25, -0.2) is 13.1 Å². The molecule has 2 unspecified atom stereocenters. The standard InChI is InChI=1S/C15H27N3O3S/c1-5-11-14(12(6-2)18(4)16-11)22(20,21)17-13-8-7-9-15(13,3)10-19/h13,17,19H,5-10H2,1-4H3. The predicted octanol–water partition coefficient (Wildman–Crippen LogP) is 1.37. The molecule has 1 aromatic rings. The summed E-state index contributed by atoms with van der Waals surface area (Å²) in [6.07, 6.45) is 3.72. The Bertz CT molecular complexity index is 639.